The van der Waals surface area contributed by atoms with Crippen LogP contribution in [0.5, 0.6) is 0 Å². The van der Waals surface area contributed by atoms with Gasteiger partial charge < -0.3 is 20.6 Å². The number of hydrogen-bond donors (Lipinski definition) is 3. The number of nitrogens with zero attached hydrogens (tertiary/aromatic N) is 2. The van der Waals surface area contributed by atoms with Gasteiger partial charge in [0.25, 0.3) is 0 Å². The maximum absolute atomic E-state index is 11.8. The van der Waals surface area contributed by atoms with E-state index in [9.17, 15) is 9.90 Å². The number of amides is 1. The zero-order valence-electron chi connectivity index (χ0n) is 16.7. The summed E-state index contributed by atoms with van der Waals surface area (Å²) in [6.45, 7) is 7.47. The summed E-state index contributed by atoms with van der Waals surface area (Å²) in [6.07, 6.45) is 4.63. The minimum absolute atomic E-state index is 0.212. The highest BCUT2D eigenvalue weighted by molar-refractivity contribution is 5.95. The van der Waals surface area contributed by atoms with Crippen molar-refractivity contribution in [2.24, 2.45) is 10.9 Å². The zero-order valence-corrected chi connectivity index (χ0v) is 16.7. The number of anilines is 1. The van der Waals surface area contributed by atoms with Crippen LogP contribution in [0.1, 0.15) is 51.5 Å². The van der Waals surface area contributed by atoms with Crippen molar-refractivity contribution in [1.82, 2.24) is 10.6 Å². The van der Waals surface area contributed by atoms with Gasteiger partial charge in [0.2, 0.25) is 5.91 Å². The van der Waals surface area contributed by atoms with Crippen LogP contribution in [0.25, 0.3) is 0 Å². The standard InChI is InChI=1S/C21H34N4O2/c1-3-6-17(12-14-26)15-23-21(22-4-2)24-16-18-8-10-19(11-9-18)25-13-5-7-20(25)27/h8-11,17,26H,3-7,12-16H2,1-2H3,(H2,22,23,24). The van der Waals surface area contributed by atoms with Crippen LogP contribution in [0, 0.1) is 5.92 Å². The van der Waals surface area contributed by atoms with Crippen molar-refractivity contribution in [3.63, 3.8) is 0 Å². The van der Waals surface area contributed by atoms with Gasteiger partial charge in [0.05, 0.1) is 6.54 Å². The Balaban J connectivity index is 1.92. The zero-order chi connectivity index (χ0) is 19.5. The molecule has 0 radical (unpaired) electrons. The van der Waals surface area contributed by atoms with Crippen molar-refractivity contribution in [2.75, 3.05) is 31.1 Å². The van der Waals surface area contributed by atoms with E-state index in [0.717, 1.165) is 62.5 Å². The van der Waals surface area contributed by atoms with Gasteiger partial charge in [-0.05, 0) is 49.8 Å². The van der Waals surface area contributed by atoms with Crippen LogP contribution in [0.4, 0.5) is 5.69 Å². The quantitative estimate of drug-likeness (QED) is 0.435. The van der Waals surface area contributed by atoms with E-state index in [1.807, 2.05) is 29.2 Å². The molecular formula is C21H34N4O2. The molecule has 6 nitrogen and oxygen atoms in total. The van der Waals surface area contributed by atoms with Crippen LogP contribution >= 0.6 is 0 Å². The third-order valence-corrected chi connectivity index (χ3v) is 4.88. The van der Waals surface area contributed by atoms with E-state index in [1.165, 1.54) is 0 Å². The molecule has 2 rings (SSSR count). The molecule has 27 heavy (non-hydrogen) atoms. The van der Waals surface area contributed by atoms with Gasteiger partial charge in [-0.15, -0.1) is 0 Å². The number of carbonyl (C=O) groups is 1. The Morgan fingerprint density at radius 1 is 1.22 bits per heavy atom. The number of guanidine groups is 1. The largest absolute Gasteiger partial charge is 0.396 e. The van der Waals surface area contributed by atoms with Crippen molar-refractivity contribution in [3.8, 4) is 0 Å². The van der Waals surface area contributed by atoms with Gasteiger partial charge in [0, 0.05) is 38.3 Å². The maximum Gasteiger partial charge on any atom is 0.227 e. The van der Waals surface area contributed by atoms with Crippen molar-refractivity contribution in [1.29, 1.82) is 0 Å². The van der Waals surface area contributed by atoms with E-state index in [4.69, 9.17) is 0 Å². The molecule has 0 spiro atoms. The van der Waals surface area contributed by atoms with Crippen molar-refractivity contribution in [2.45, 2.75) is 52.5 Å². The summed E-state index contributed by atoms with van der Waals surface area (Å²) in [4.78, 5) is 18.4. The molecule has 1 fully saturated rings. The normalized spacial score (nSPS) is 15.9. The molecule has 1 heterocycles. The second kappa shape index (κ2) is 11.6. The van der Waals surface area contributed by atoms with Gasteiger partial charge in [-0.25, -0.2) is 4.99 Å². The molecule has 1 aliphatic heterocycles. The molecule has 1 saturated heterocycles. The molecule has 150 valence electrons. The lowest BCUT2D eigenvalue weighted by Crippen LogP contribution is -2.40. The highest BCUT2D eigenvalue weighted by Crippen LogP contribution is 2.21. The molecule has 1 atom stereocenters. The molecule has 1 aromatic rings. The lowest BCUT2D eigenvalue weighted by Gasteiger charge is -2.18. The molecule has 1 aliphatic rings. The number of aliphatic imine (C=N–C) groups is 1. The average molecular weight is 375 g/mol. The Morgan fingerprint density at radius 3 is 2.59 bits per heavy atom. The number of rotatable bonds is 10. The predicted molar refractivity (Wildman–Crippen MR) is 111 cm³/mol. The van der Waals surface area contributed by atoms with E-state index in [-0.39, 0.29) is 12.5 Å². The number of hydrogen-bond acceptors (Lipinski definition) is 3. The Hall–Kier alpha value is -2.08. The number of carbonyl (C=O) groups excluding carboxylic acids is 1. The monoisotopic (exact) mass is 374 g/mol. The van der Waals surface area contributed by atoms with E-state index < -0.39 is 0 Å². The van der Waals surface area contributed by atoms with Gasteiger partial charge in [-0.1, -0.05) is 25.5 Å². The number of nitrogens with one attached hydrogen (secondary N) is 2. The summed E-state index contributed by atoms with van der Waals surface area (Å²) >= 11 is 0. The topological polar surface area (TPSA) is 77.0 Å². The fourth-order valence-corrected chi connectivity index (χ4v) is 3.39. The summed E-state index contributed by atoms with van der Waals surface area (Å²) < 4.78 is 0. The second-order valence-corrected chi connectivity index (χ2v) is 7.06. The minimum Gasteiger partial charge on any atom is -0.396 e. The molecule has 0 aliphatic carbocycles. The first-order chi connectivity index (χ1) is 13.2. The van der Waals surface area contributed by atoms with Crippen molar-refractivity contribution < 1.29 is 9.90 Å². The molecule has 1 unspecified atom stereocenters. The van der Waals surface area contributed by atoms with Gasteiger partial charge >= 0.3 is 0 Å². The van der Waals surface area contributed by atoms with E-state index in [0.29, 0.717) is 18.9 Å². The van der Waals surface area contributed by atoms with Gasteiger partial charge in [-0.3, -0.25) is 4.79 Å². The molecule has 1 aromatic carbocycles. The molecule has 0 saturated carbocycles. The predicted octanol–water partition coefficient (Wildman–Crippen LogP) is 2.67. The van der Waals surface area contributed by atoms with Gasteiger partial charge in [0.15, 0.2) is 5.96 Å². The first-order valence-corrected chi connectivity index (χ1v) is 10.2. The highest BCUT2D eigenvalue weighted by atomic mass is 16.3. The van der Waals surface area contributed by atoms with E-state index in [2.05, 4.69) is 29.5 Å². The fourth-order valence-electron chi connectivity index (χ4n) is 3.39. The fraction of sp³-hybridized carbons (Fsp3) is 0.619. The third kappa shape index (κ3) is 6.86. The van der Waals surface area contributed by atoms with Crippen LogP contribution in [-0.4, -0.2) is 43.2 Å². The van der Waals surface area contributed by atoms with Crippen molar-refractivity contribution >= 4 is 17.6 Å². The van der Waals surface area contributed by atoms with Crippen LogP contribution in [0.2, 0.25) is 0 Å². The Bertz CT molecular complexity index is 595. The van der Waals surface area contributed by atoms with Crippen LogP contribution in [0.3, 0.4) is 0 Å². The van der Waals surface area contributed by atoms with Crippen LogP contribution in [0.15, 0.2) is 29.3 Å². The number of aliphatic hydroxyl groups excluding tert-OH is 1. The summed E-state index contributed by atoms with van der Waals surface area (Å²) in [5, 5.41) is 15.9. The highest BCUT2D eigenvalue weighted by Gasteiger charge is 2.21. The van der Waals surface area contributed by atoms with E-state index in [1.54, 1.807) is 0 Å². The first-order valence-electron chi connectivity index (χ1n) is 10.2. The molecule has 6 heteroatoms. The minimum atomic E-state index is 0.212. The van der Waals surface area contributed by atoms with Crippen LogP contribution < -0.4 is 15.5 Å². The SMILES string of the molecule is CCCC(CCO)CNC(=NCc1ccc(N2CCCC2=O)cc1)NCC. The Morgan fingerprint density at radius 2 is 2.00 bits per heavy atom. The average Bonchev–Trinajstić information content (AvgIpc) is 3.10. The van der Waals surface area contributed by atoms with Crippen molar-refractivity contribution in [3.05, 3.63) is 29.8 Å². The third-order valence-electron chi connectivity index (χ3n) is 4.88. The Kier molecular flexibility index (Phi) is 9.11. The molecule has 0 aromatic heterocycles. The number of benzene rings is 1. The molecule has 0 bridgehead atoms. The van der Waals surface area contributed by atoms with Gasteiger partial charge in [-0.2, -0.15) is 0 Å². The Labute approximate surface area is 163 Å². The first kappa shape index (κ1) is 21.2. The summed E-state index contributed by atoms with van der Waals surface area (Å²) in [6, 6.07) is 8.10. The molecular weight excluding hydrogens is 340 g/mol. The maximum atomic E-state index is 11.8. The summed E-state index contributed by atoms with van der Waals surface area (Å²) in [5.74, 6) is 1.47. The molecule has 3 N–H and O–H groups in total. The number of aliphatic hydroxyl groups is 1. The lowest BCUT2D eigenvalue weighted by molar-refractivity contribution is -0.117. The molecule has 1 amide bonds. The second-order valence-electron chi connectivity index (χ2n) is 7.06. The van der Waals surface area contributed by atoms with Crippen LogP contribution in [-0.2, 0) is 11.3 Å². The summed E-state index contributed by atoms with van der Waals surface area (Å²) in [5.41, 5.74) is 2.09. The van der Waals surface area contributed by atoms with E-state index >= 15 is 0 Å². The smallest absolute Gasteiger partial charge is 0.227 e. The summed E-state index contributed by atoms with van der Waals surface area (Å²) in [7, 11) is 0. The van der Waals surface area contributed by atoms with Gasteiger partial charge in [0.1, 0.15) is 0 Å². The lowest BCUT2D eigenvalue weighted by atomic mass is 10.0.